The molecule has 0 spiro atoms. The van der Waals surface area contributed by atoms with Crippen LogP contribution in [0.3, 0.4) is 0 Å². The number of nitrogens with zero attached hydrogens (tertiary/aromatic N) is 3. The fraction of sp³-hybridized carbons (Fsp3) is 0.125. The summed E-state index contributed by atoms with van der Waals surface area (Å²) in [5.74, 6) is 0.541. The van der Waals surface area contributed by atoms with Gasteiger partial charge in [0.1, 0.15) is 6.04 Å². The lowest BCUT2D eigenvalue weighted by atomic mass is 9.97. The van der Waals surface area contributed by atoms with Gasteiger partial charge < -0.3 is 10.6 Å². The van der Waals surface area contributed by atoms with Gasteiger partial charge in [0.2, 0.25) is 5.95 Å². The van der Waals surface area contributed by atoms with E-state index in [1.807, 2.05) is 80.6 Å². The third-order valence-corrected chi connectivity index (χ3v) is 5.35. The molecule has 0 radical (unpaired) electrons. The second-order valence-corrected chi connectivity index (χ2v) is 7.44. The van der Waals surface area contributed by atoms with Crippen molar-refractivity contribution < 1.29 is 4.79 Å². The average Bonchev–Trinajstić information content (AvgIpc) is 3.12. The summed E-state index contributed by atoms with van der Waals surface area (Å²) >= 11 is 0. The molecule has 0 saturated carbocycles. The van der Waals surface area contributed by atoms with Gasteiger partial charge in [0.15, 0.2) is 0 Å². The van der Waals surface area contributed by atoms with E-state index in [0.29, 0.717) is 11.5 Å². The second-order valence-electron chi connectivity index (χ2n) is 7.44. The van der Waals surface area contributed by atoms with Crippen LogP contribution in [0.15, 0.2) is 84.2 Å². The summed E-state index contributed by atoms with van der Waals surface area (Å²) in [4.78, 5) is 22.8. The minimum atomic E-state index is -0.389. The van der Waals surface area contributed by atoms with Gasteiger partial charge in [-0.05, 0) is 50.2 Å². The van der Waals surface area contributed by atoms with E-state index < -0.39 is 0 Å². The Labute approximate surface area is 174 Å². The van der Waals surface area contributed by atoms with Gasteiger partial charge in [0.25, 0.3) is 5.91 Å². The molecule has 2 aromatic heterocycles. The van der Waals surface area contributed by atoms with Gasteiger partial charge in [-0.2, -0.15) is 0 Å². The van der Waals surface area contributed by atoms with Crippen LogP contribution in [-0.4, -0.2) is 20.4 Å². The van der Waals surface area contributed by atoms with E-state index in [9.17, 15) is 4.79 Å². The van der Waals surface area contributed by atoms with Crippen LogP contribution < -0.4 is 10.6 Å². The van der Waals surface area contributed by atoms with Gasteiger partial charge in [0.05, 0.1) is 22.3 Å². The van der Waals surface area contributed by atoms with E-state index in [1.165, 1.54) is 0 Å². The largest absolute Gasteiger partial charge is 0.329 e. The van der Waals surface area contributed by atoms with Crippen LogP contribution in [0.5, 0.6) is 0 Å². The van der Waals surface area contributed by atoms with Crippen molar-refractivity contribution in [1.29, 1.82) is 0 Å². The number of carbonyl (C=O) groups is 1. The van der Waals surface area contributed by atoms with E-state index >= 15 is 0 Å². The highest BCUT2D eigenvalue weighted by Gasteiger charge is 2.34. The molecule has 6 heteroatoms. The summed E-state index contributed by atoms with van der Waals surface area (Å²) in [5.41, 5.74) is 5.88. The molecular weight excluding hydrogens is 374 g/mol. The Morgan fingerprint density at radius 3 is 2.53 bits per heavy atom. The van der Waals surface area contributed by atoms with Crippen LogP contribution in [-0.2, 0) is 4.79 Å². The first-order valence-corrected chi connectivity index (χ1v) is 9.85. The first-order valence-electron chi connectivity index (χ1n) is 9.85. The van der Waals surface area contributed by atoms with E-state index in [-0.39, 0.29) is 11.9 Å². The predicted octanol–water partition coefficient (Wildman–Crippen LogP) is 4.67. The number of aromatic nitrogens is 3. The highest BCUT2D eigenvalue weighted by molar-refractivity contribution is 6.06. The van der Waals surface area contributed by atoms with Gasteiger partial charge in [0, 0.05) is 17.6 Å². The van der Waals surface area contributed by atoms with Gasteiger partial charge >= 0.3 is 0 Å². The maximum absolute atomic E-state index is 13.4. The van der Waals surface area contributed by atoms with E-state index in [2.05, 4.69) is 20.2 Å². The van der Waals surface area contributed by atoms with E-state index in [4.69, 9.17) is 4.98 Å². The lowest BCUT2D eigenvalue weighted by molar-refractivity contribution is -0.113. The van der Waals surface area contributed by atoms with Crippen LogP contribution in [0.4, 0.5) is 11.6 Å². The molecule has 30 heavy (non-hydrogen) atoms. The van der Waals surface area contributed by atoms with Crippen molar-refractivity contribution >= 4 is 28.6 Å². The Morgan fingerprint density at radius 2 is 1.77 bits per heavy atom. The third kappa shape index (κ3) is 3.03. The zero-order valence-electron chi connectivity index (χ0n) is 16.8. The topological polar surface area (TPSA) is 71.8 Å². The summed E-state index contributed by atoms with van der Waals surface area (Å²) in [7, 11) is 0. The third-order valence-electron chi connectivity index (χ3n) is 5.35. The number of benzene rings is 2. The van der Waals surface area contributed by atoms with Crippen molar-refractivity contribution in [2.75, 3.05) is 10.6 Å². The smallest absolute Gasteiger partial charge is 0.255 e. The summed E-state index contributed by atoms with van der Waals surface area (Å²) in [6.07, 6.45) is 1.75. The maximum Gasteiger partial charge on any atom is 0.255 e. The van der Waals surface area contributed by atoms with Crippen LogP contribution in [0.1, 0.15) is 24.2 Å². The molecule has 1 aliphatic heterocycles. The first kappa shape index (κ1) is 18.1. The molecule has 0 fully saturated rings. The molecule has 148 valence electrons. The number of amides is 1. The minimum Gasteiger partial charge on any atom is -0.329 e. The zero-order valence-corrected chi connectivity index (χ0v) is 16.8. The van der Waals surface area contributed by atoms with Crippen molar-refractivity contribution in [3.63, 3.8) is 0 Å². The quantitative estimate of drug-likeness (QED) is 0.529. The van der Waals surface area contributed by atoms with Gasteiger partial charge in [-0.25, -0.2) is 4.98 Å². The number of hydrogen-bond donors (Lipinski definition) is 2. The standard InChI is InChI=1S/C24H21N5O/c1-15-10-12-17(13-11-15)27-23(30)21-16(2)26-24-28-18-7-3-4-9-20(18)29(24)22(21)19-8-5-6-14-25-19/h3-14,22H,1-2H3,(H,26,28)(H,27,30). The molecule has 3 heterocycles. The molecule has 0 aliphatic carbocycles. The van der Waals surface area contributed by atoms with Crippen molar-refractivity contribution in [2.45, 2.75) is 19.9 Å². The number of anilines is 2. The molecule has 0 saturated heterocycles. The normalized spacial score (nSPS) is 15.6. The second kappa shape index (κ2) is 7.15. The van der Waals surface area contributed by atoms with Gasteiger partial charge in [-0.1, -0.05) is 35.9 Å². The van der Waals surface area contributed by atoms with E-state index in [1.54, 1.807) is 6.20 Å². The number of hydrogen-bond acceptors (Lipinski definition) is 4. The number of carbonyl (C=O) groups excluding carboxylic acids is 1. The highest BCUT2D eigenvalue weighted by Crippen LogP contribution is 2.38. The molecule has 1 aliphatic rings. The van der Waals surface area contributed by atoms with Crippen LogP contribution in [0.25, 0.3) is 11.0 Å². The van der Waals surface area contributed by atoms with Crippen molar-refractivity contribution in [3.05, 3.63) is 95.5 Å². The molecule has 4 aromatic rings. The lowest BCUT2D eigenvalue weighted by Gasteiger charge is -2.30. The number of nitrogens with one attached hydrogen (secondary N) is 2. The summed E-state index contributed by atoms with van der Waals surface area (Å²) in [6, 6.07) is 21.1. The Morgan fingerprint density at radius 1 is 1.00 bits per heavy atom. The molecule has 1 unspecified atom stereocenters. The number of fused-ring (bicyclic) bond motifs is 3. The van der Waals surface area contributed by atoms with Gasteiger partial charge in [-0.15, -0.1) is 0 Å². The Bertz CT molecular complexity index is 1270. The first-order chi connectivity index (χ1) is 14.6. The molecule has 1 atom stereocenters. The van der Waals surface area contributed by atoms with Crippen LogP contribution in [0.2, 0.25) is 0 Å². The Kier molecular flexibility index (Phi) is 4.32. The maximum atomic E-state index is 13.4. The Hall–Kier alpha value is -3.93. The number of allylic oxidation sites excluding steroid dienone is 1. The monoisotopic (exact) mass is 395 g/mol. The highest BCUT2D eigenvalue weighted by atomic mass is 16.1. The molecule has 5 rings (SSSR count). The van der Waals surface area contributed by atoms with E-state index in [0.717, 1.165) is 33.7 Å². The van der Waals surface area contributed by atoms with Crippen LogP contribution in [0, 0.1) is 6.92 Å². The van der Waals surface area contributed by atoms with Crippen molar-refractivity contribution in [1.82, 2.24) is 14.5 Å². The van der Waals surface area contributed by atoms with Gasteiger partial charge in [-0.3, -0.25) is 14.3 Å². The number of para-hydroxylation sites is 2. The molecule has 2 aromatic carbocycles. The average molecular weight is 395 g/mol. The van der Waals surface area contributed by atoms with Crippen LogP contribution >= 0.6 is 0 Å². The lowest BCUT2D eigenvalue weighted by Crippen LogP contribution is -2.31. The Balaban J connectivity index is 1.65. The SMILES string of the molecule is CC1=C(C(=O)Nc2ccc(C)cc2)C(c2ccccn2)n2c(nc3ccccc32)N1. The summed E-state index contributed by atoms with van der Waals surface area (Å²) < 4.78 is 2.05. The number of imidazole rings is 1. The molecule has 6 nitrogen and oxygen atoms in total. The number of rotatable bonds is 3. The number of pyridine rings is 1. The molecule has 0 bridgehead atoms. The molecule has 2 N–H and O–H groups in total. The fourth-order valence-electron chi connectivity index (χ4n) is 3.91. The van der Waals surface area contributed by atoms with Crippen molar-refractivity contribution in [2.24, 2.45) is 0 Å². The number of aryl methyl sites for hydroxylation is 1. The molecular formula is C24H21N5O. The zero-order chi connectivity index (χ0) is 20.7. The summed E-state index contributed by atoms with van der Waals surface area (Å²) in [6.45, 7) is 3.93. The molecule has 1 amide bonds. The predicted molar refractivity (Wildman–Crippen MR) is 118 cm³/mol. The van der Waals surface area contributed by atoms with Crippen molar-refractivity contribution in [3.8, 4) is 0 Å². The minimum absolute atomic E-state index is 0.164. The summed E-state index contributed by atoms with van der Waals surface area (Å²) in [5, 5.41) is 6.36. The fourth-order valence-corrected chi connectivity index (χ4v) is 3.91.